The molecule has 0 spiro atoms. The molecule has 0 aliphatic heterocycles. The number of hydrogen-bond acceptors (Lipinski definition) is 4. The van der Waals surface area contributed by atoms with Gasteiger partial charge in [0, 0.05) is 58.9 Å². The molecule has 0 atom stereocenters. The van der Waals surface area contributed by atoms with Gasteiger partial charge in [-0.3, -0.25) is 4.90 Å². The first-order valence-corrected chi connectivity index (χ1v) is 16.5. The summed E-state index contributed by atoms with van der Waals surface area (Å²) in [5.41, 5.74) is 7.43. The standard InChI is InChI=1S/C42H38N4O2/c1-43(2)25-26-44(27-29-13-11-23-39(41(29)47)45-35-19-7-3-15-31(35)32-16-4-8-20-36(32)45)28-30-14-12-24-40(42(30)48)46-37-21-9-5-17-33(37)34-18-6-10-22-38(34)46/h3-24,47-48H,25-28H2,1-2H3. The number of likely N-dealkylation sites (N-methyl/N-ethyl adjacent to an activating group) is 1. The van der Waals surface area contributed by atoms with Gasteiger partial charge in [0.1, 0.15) is 11.5 Å². The molecular weight excluding hydrogens is 592 g/mol. The molecule has 6 nitrogen and oxygen atoms in total. The van der Waals surface area contributed by atoms with E-state index in [1.807, 2.05) is 60.7 Å². The topological polar surface area (TPSA) is 56.8 Å². The molecule has 8 aromatic rings. The van der Waals surface area contributed by atoms with E-state index in [9.17, 15) is 10.2 Å². The summed E-state index contributed by atoms with van der Waals surface area (Å²) in [4.78, 5) is 4.46. The second kappa shape index (κ2) is 12.2. The molecule has 6 aromatic carbocycles. The Hall–Kier alpha value is -5.56. The van der Waals surface area contributed by atoms with Crippen LogP contribution >= 0.6 is 0 Å². The van der Waals surface area contributed by atoms with Gasteiger partial charge in [-0.25, -0.2) is 0 Å². The molecule has 2 heterocycles. The molecule has 0 fully saturated rings. The Balaban J connectivity index is 1.18. The highest BCUT2D eigenvalue weighted by molar-refractivity contribution is 6.10. The van der Waals surface area contributed by atoms with Crippen molar-refractivity contribution in [3.63, 3.8) is 0 Å². The number of aromatic hydroxyl groups is 2. The minimum Gasteiger partial charge on any atom is -0.505 e. The maximum atomic E-state index is 11.9. The summed E-state index contributed by atoms with van der Waals surface area (Å²) in [6.45, 7) is 2.62. The van der Waals surface area contributed by atoms with Crippen LogP contribution in [0.4, 0.5) is 0 Å². The van der Waals surface area contributed by atoms with E-state index in [1.54, 1.807) is 0 Å². The lowest BCUT2D eigenvalue weighted by Gasteiger charge is -2.26. The normalized spacial score (nSPS) is 12.0. The fourth-order valence-corrected chi connectivity index (χ4v) is 7.17. The van der Waals surface area contributed by atoms with Gasteiger partial charge in [0.2, 0.25) is 0 Å². The highest BCUT2D eigenvalue weighted by atomic mass is 16.3. The first-order valence-electron chi connectivity index (χ1n) is 16.5. The number of para-hydroxylation sites is 6. The fourth-order valence-electron chi connectivity index (χ4n) is 7.17. The molecule has 0 aliphatic carbocycles. The van der Waals surface area contributed by atoms with Gasteiger partial charge in [0.25, 0.3) is 0 Å². The Bertz CT molecular complexity index is 2170. The van der Waals surface area contributed by atoms with E-state index in [2.05, 4.69) is 106 Å². The predicted octanol–water partition coefficient (Wildman–Crippen LogP) is 8.86. The zero-order chi connectivity index (χ0) is 32.8. The maximum absolute atomic E-state index is 11.9. The third kappa shape index (κ3) is 5.07. The van der Waals surface area contributed by atoms with Crippen molar-refractivity contribution in [2.45, 2.75) is 13.1 Å². The number of phenols is 2. The molecule has 0 saturated heterocycles. The summed E-state index contributed by atoms with van der Waals surface area (Å²) in [6, 6.07) is 45.4. The molecule has 0 saturated carbocycles. The third-order valence-electron chi connectivity index (χ3n) is 9.49. The number of hydrogen-bond donors (Lipinski definition) is 2. The van der Waals surface area contributed by atoms with E-state index >= 15 is 0 Å². The van der Waals surface area contributed by atoms with Crippen LogP contribution in [0.3, 0.4) is 0 Å². The van der Waals surface area contributed by atoms with Gasteiger partial charge in [-0.1, -0.05) is 97.1 Å². The number of fused-ring (bicyclic) bond motifs is 6. The molecule has 0 unspecified atom stereocenters. The lowest BCUT2D eigenvalue weighted by atomic mass is 10.1. The van der Waals surface area contributed by atoms with Crippen molar-refractivity contribution in [2.24, 2.45) is 0 Å². The van der Waals surface area contributed by atoms with Gasteiger partial charge in [0.15, 0.2) is 0 Å². The van der Waals surface area contributed by atoms with Gasteiger partial charge in [-0.15, -0.1) is 0 Å². The Morgan fingerprint density at radius 3 is 1.15 bits per heavy atom. The first-order chi connectivity index (χ1) is 23.5. The van der Waals surface area contributed by atoms with Crippen LogP contribution in [-0.4, -0.2) is 56.3 Å². The van der Waals surface area contributed by atoms with E-state index in [4.69, 9.17) is 0 Å². The fraction of sp³-hybridized carbons (Fsp3) is 0.143. The van der Waals surface area contributed by atoms with Crippen molar-refractivity contribution < 1.29 is 10.2 Å². The minimum absolute atomic E-state index is 0.266. The third-order valence-corrected chi connectivity index (χ3v) is 9.49. The molecule has 2 aromatic heterocycles. The molecular formula is C42H38N4O2. The van der Waals surface area contributed by atoms with Gasteiger partial charge >= 0.3 is 0 Å². The maximum Gasteiger partial charge on any atom is 0.144 e. The van der Waals surface area contributed by atoms with E-state index in [0.717, 1.165) is 79.2 Å². The number of phenolic OH excluding ortho intramolecular Hbond substituents is 2. The molecule has 6 heteroatoms. The van der Waals surface area contributed by atoms with Crippen LogP contribution in [0.2, 0.25) is 0 Å². The highest BCUT2D eigenvalue weighted by Crippen LogP contribution is 2.38. The SMILES string of the molecule is CN(C)CCN(Cc1cccc(-n2c3ccccc3c3ccccc32)c1O)Cc1cccc(-n2c3ccccc3c3ccccc32)c1O. The Labute approximate surface area is 279 Å². The number of aromatic nitrogens is 2. The number of benzene rings is 6. The van der Waals surface area contributed by atoms with Crippen LogP contribution in [0.5, 0.6) is 11.5 Å². The average molecular weight is 631 g/mol. The predicted molar refractivity (Wildman–Crippen MR) is 198 cm³/mol. The summed E-state index contributed by atoms with van der Waals surface area (Å²) in [5, 5.41) is 28.4. The van der Waals surface area contributed by atoms with Gasteiger partial charge in [0.05, 0.1) is 33.4 Å². The second-order valence-corrected chi connectivity index (χ2v) is 12.8. The zero-order valence-corrected chi connectivity index (χ0v) is 27.2. The van der Waals surface area contributed by atoms with Crippen molar-refractivity contribution >= 4 is 43.6 Å². The number of nitrogens with zero attached hydrogens (tertiary/aromatic N) is 4. The molecule has 0 bridgehead atoms. The second-order valence-electron chi connectivity index (χ2n) is 12.8. The smallest absolute Gasteiger partial charge is 0.144 e. The van der Waals surface area contributed by atoms with E-state index < -0.39 is 0 Å². The van der Waals surface area contributed by atoms with Crippen molar-refractivity contribution in [1.82, 2.24) is 18.9 Å². The minimum atomic E-state index is 0.266. The zero-order valence-electron chi connectivity index (χ0n) is 27.2. The molecule has 238 valence electrons. The van der Waals surface area contributed by atoms with Crippen molar-refractivity contribution in [3.8, 4) is 22.9 Å². The summed E-state index contributed by atoms with van der Waals surface area (Å²) in [6.07, 6.45) is 0. The van der Waals surface area contributed by atoms with Crippen LogP contribution in [0, 0.1) is 0 Å². The molecule has 2 N–H and O–H groups in total. The lowest BCUT2D eigenvalue weighted by molar-refractivity contribution is 0.221. The van der Waals surface area contributed by atoms with Crippen LogP contribution in [0.1, 0.15) is 11.1 Å². The van der Waals surface area contributed by atoms with Crippen molar-refractivity contribution in [3.05, 3.63) is 145 Å². The van der Waals surface area contributed by atoms with Crippen LogP contribution < -0.4 is 0 Å². The molecule has 0 aliphatic rings. The van der Waals surface area contributed by atoms with E-state index in [1.165, 1.54) is 0 Å². The van der Waals surface area contributed by atoms with Crippen LogP contribution in [0.25, 0.3) is 55.0 Å². The van der Waals surface area contributed by atoms with Gasteiger partial charge < -0.3 is 24.2 Å². The summed E-state index contributed by atoms with van der Waals surface area (Å²) < 4.78 is 4.32. The number of rotatable bonds is 9. The van der Waals surface area contributed by atoms with Crippen LogP contribution in [-0.2, 0) is 13.1 Å². The van der Waals surface area contributed by atoms with Crippen molar-refractivity contribution in [2.75, 3.05) is 27.2 Å². The van der Waals surface area contributed by atoms with E-state index in [0.29, 0.717) is 13.1 Å². The van der Waals surface area contributed by atoms with Gasteiger partial charge in [-0.2, -0.15) is 0 Å². The Kier molecular flexibility index (Phi) is 7.60. The molecule has 8 rings (SSSR count). The Morgan fingerprint density at radius 1 is 0.438 bits per heavy atom. The van der Waals surface area contributed by atoms with Crippen LogP contribution in [0.15, 0.2) is 133 Å². The highest BCUT2D eigenvalue weighted by Gasteiger charge is 2.20. The largest absolute Gasteiger partial charge is 0.505 e. The average Bonchev–Trinajstić information content (AvgIpc) is 3.62. The molecule has 0 amide bonds. The molecule has 48 heavy (non-hydrogen) atoms. The van der Waals surface area contributed by atoms with Gasteiger partial charge in [-0.05, 0) is 50.5 Å². The Morgan fingerprint density at radius 2 is 0.792 bits per heavy atom. The summed E-state index contributed by atoms with van der Waals surface area (Å²) >= 11 is 0. The summed E-state index contributed by atoms with van der Waals surface area (Å²) in [7, 11) is 4.14. The van der Waals surface area contributed by atoms with Crippen molar-refractivity contribution in [1.29, 1.82) is 0 Å². The summed E-state index contributed by atoms with van der Waals surface area (Å²) in [5.74, 6) is 0.532. The lowest BCUT2D eigenvalue weighted by Crippen LogP contribution is -2.31. The molecule has 0 radical (unpaired) electrons. The quantitative estimate of drug-likeness (QED) is 0.167. The monoisotopic (exact) mass is 630 g/mol. The van der Waals surface area contributed by atoms with E-state index in [-0.39, 0.29) is 11.5 Å². The first kappa shape index (κ1) is 29.8.